The summed E-state index contributed by atoms with van der Waals surface area (Å²) < 4.78 is 33.0. The minimum absolute atomic E-state index is 0.267. The molecule has 0 atom stereocenters. The highest BCUT2D eigenvalue weighted by atomic mass is 32.2. The molecule has 0 aliphatic carbocycles. The molecular formula is C15H19NO3S. The highest BCUT2D eigenvalue weighted by Crippen LogP contribution is 2.31. The lowest BCUT2D eigenvalue weighted by molar-refractivity contribution is 0.419. The van der Waals surface area contributed by atoms with Gasteiger partial charge in [-0.05, 0) is 32.9 Å². The van der Waals surface area contributed by atoms with E-state index in [1.165, 1.54) is 0 Å². The van der Waals surface area contributed by atoms with Crippen LogP contribution < -0.4 is 9.46 Å². The summed E-state index contributed by atoms with van der Waals surface area (Å²) in [5.74, 6) is 0.662. The van der Waals surface area contributed by atoms with Gasteiger partial charge in [0.15, 0.2) is 0 Å². The molecule has 2 aromatic carbocycles. The summed E-state index contributed by atoms with van der Waals surface area (Å²) in [5, 5.41) is 1.44. The van der Waals surface area contributed by atoms with Crippen molar-refractivity contribution in [3.8, 4) is 5.75 Å². The van der Waals surface area contributed by atoms with Gasteiger partial charge in [-0.2, -0.15) is 0 Å². The van der Waals surface area contributed by atoms with Crippen LogP contribution in [-0.4, -0.2) is 21.1 Å². The van der Waals surface area contributed by atoms with E-state index in [2.05, 4.69) is 4.72 Å². The Hall–Kier alpha value is -1.59. The highest BCUT2D eigenvalue weighted by molar-refractivity contribution is 7.89. The van der Waals surface area contributed by atoms with Gasteiger partial charge in [-0.25, -0.2) is 13.1 Å². The van der Waals surface area contributed by atoms with Gasteiger partial charge in [0.05, 0.1) is 12.0 Å². The van der Waals surface area contributed by atoms with Crippen molar-refractivity contribution in [1.29, 1.82) is 0 Å². The number of hydrogen-bond acceptors (Lipinski definition) is 3. The quantitative estimate of drug-likeness (QED) is 0.946. The summed E-state index contributed by atoms with van der Waals surface area (Å²) in [6.07, 6.45) is 0. The van der Waals surface area contributed by atoms with Gasteiger partial charge < -0.3 is 4.74 Å². The third kappa shape index (κ3) is 2.94. The van der Waals surface area contributed by atoms with Gasteiger partial charge in [-0.15, -0.1) is 0 Å². The maximum absolute atomic E-state index is 12.5. The number of fused-ring (bicyclic) bond motifs is 1. The maximum Gasteiger partial charge on any atom is 0.241 e. The number of nitrogens with one attached hydrogen (secondary N) is 1. The van der Waals surface area contributed by atoms with Crippen molar-refractivity contribution in [1.82, 2.24) is 4.72 Å². The summed E-state index contributed by atoms with van der Waals surface area (Å²) in [6, 6.07) is 10.6. The minimum atomic E-state index is -3.58. The molecule has 0 unspecified atom stereocenters. The molecule has 2 rings (SSSR count). The van der Waals surface area contributed by atoms with Crippen molar-refractivity contribution < 1.29 is 13.2 Å². The van der Waals surface area contributed by atoms with Gasteiger partial charge in [0.25, 0.3) is 0 Å². The molecule has 0 fully saturated rings. The normalized spacial score (nSPS) is 12.6. The number of ether oxygens (including phenoxy) is 1. The molecule has 0 bridgehead atoms. The fourth-order valence-corrected chi connectivity index (χ4v) is 3.75. The lowest BCUT2D eigenvalue weighted by atomic mass is 10.1. The van der Waals surface area contributed by atoms with E-state index < -0.39 is 15.6 Å². The van der Waals surface area contributed by atoms with Crippen LogP contribution >= 0.6 is 0 Å². The smallest absolute Gasteiger partial charge is 0.241 e. The molecule has 0 saturated heterocycles. The summed E-state index contributed by atoms with van der Waals surface area (Å²) >= 11 is 0. The second kappa shape index (κ2) is 5.07. The predicted molar refractivity (Wildman–Crippen MR) is 80.6 cm³/mol. The minimum Gasteiger partial charge on any atom is -0.496 e. The van der Waals surface area contributed by atoms with Crippen molar-refractivity contribution in [2.24, 2.45) is 0 Å². The van der Waals surface area contributed by atoms with Crippen LogP contribution in [0.15, 0.2) is 41.3 Å². The monoisotopic (exact) mass is 293 g/mol. The predicted octanol–water partition coefficient (Wildman–Crippen LogP) is 2.93. The van der Waals surface area contributed by atoms with Crippen molar-refractivity contribution in [3.05, 3.63) is 36.4 Å². The Morgan fingerprint density at radius 1 is 1.00 bits per heavy atom. The molecular weight excluding hydrogens is 274 g/mol. The van der Waals surface area contributed by atoms with Crippen LogP contribution in [-0.2, 0) is 10.0 Å². The van der Waals surface area contributed by atoms with E-state index in [4.69, 9.17) is 4.74 Å². The molecule has 1 N–H and O–H groups in total. The zero-order chi connectivity index (χ0) is 15.0. The SMILES string of the molecule is COc1ccc(S(=O)(=O)NC(C)(C)C)c2ccccc12. The van der Waals surface area contributed by atoms with Crippen LogP contribution in [0.4, 0.5) is 0 Å². The number of hydrogen-bond donors (Lipinski definition) is 1. The summed E-state index contributed by atoms with van der Waals surface area (Å²) in [4.78, 5) is 0.267. The first-order chi connectivity index (χ1) is 9.24. The standard InChI is InChI=1S/C15H19NO3S/c1-15(2,3)16-20(17,18)14-10-9-13(19-4)11-7-5-6-8-12(11)14/h5-10,16H,1-4H3. The molecule has 0 radical (unpaired) electrons. The molecule has 2 aromatic rings. The molecule has 0 saturated carbocycles. The Balaban J connectivity index is 2.68. The average molecular weight is 293 g/mol. The first kappa shape index (κ1) is 14.8. The van der Waals surface area contributed by atoms with Gasteiger partial charge in [-0.3, -0.25) is 0 Å². The Labute approximate surface area is 119 Å². The van der Waals surface area contributed by atoms with Crippen LogP contribution in [0, 0.1) is 0 Å². The maximum atomic E-state index is 12.5. The van der Waals surface area contributed by atoms with E-state index >= 15 is 0 Å². The summed E-state index contributed by atoms with van der Waals surface area (Å²) in [7, 11) is -2.00. The lowest BCUT2D eigenvalue weighted by Crippen LogP contribution is -2.40. The average Bonchev–Trinajstić information content (AvgIpc) is 2.34. The zero-order valence-corrected chi connectivity index (χ0v) is 12.9. The molecule has 0 aromatic heterocycles. The Morgan fingerprint density at radius 3 is 2.15 bits per heavy atom. The van der Waals surface area contributed by atoms with E-state index in [-0.39, 0.29) is 4.90 Å². The first-order valence-electron chi connectivity index (χ1n) is 6.34. The molecule has 0 spiro atoms. The van der Waals surface area contributed by atoms with Gasteiger partial charge >= 0.3 is 0 Å². The Morgan fingerprint density at radius 2 is 1.60 bits per heavy atom. The van der Waals surface area contributed by atoms with Gasteiger partial charge in [-0.1, -0.05) is 24.3 Å². The van der Waals surface area contributed by atoms with E-state index in [0.717, 1.165) is 5.39 Å². The van der Waals surface area contributed by atoms with Crippen LogP contribution in [0.2, 0.25) is 0 Å². The Bertz CT molecular complexity index is 730. The molecule has 0 aliphatic heterocycles. The van der Waals surface area contributed by atoms with E-state index in [0.29, 0.717) is 11.1 Å². The van der Waals surface area contributed by atoms with E-state index in [1.54, 1.807) is 25.3 Å². The molecule has 0 heterocycles. The molecule has 4 nitrogen and oxygen atoms in total. The van der Waals surface area contributed by atoms with Crippen LogP contribution in [0.3, 0.4) is 0 Å². The second-order valence-corrected chi connectivity index (χ2v) is 7.32. The molecule has 5 heteroatoms. The van der Waals surface area contributed by atoms with Crippen molar-refractivity contribution in [3.63, 3.8) is 0 Å². The van der Waals surface area contributed by atoms with E-state index in [1.807, 2.05) is 39.0 Å². The largest absolute Gasteiger partial charge is 0.496 e. The zero-order valence-electron chi connectivity index (χ0n) is 12.1. The third-order valence-corrected chi connectivity index (χ3v) is 4.61. The molecule has 20 heavy (non-hydrogen) atoms. The second-order valence-electron chi connectivity index (χ2n) is 5.67. The molecule has 108 valence electrons. The molecule has 0 amide bonds. The van der Waals surface area contributed by atoms with E-state index in [9.17, 15) is 8.42 Å². The topological polar surface area (TPSA) is 55.4 Å². The number of methoxy groups -OCH3 is 1. The van der Waals surface area contributed by atoms with Crippen LogP contribution in [0.25, 0.3) is 10.8 Å². The number of sulfonamides is 1. The Kier molecular flexibility index (Phi) is 3.75. The number of benzene rings is 2. The fourth-order valence-electron chi connectivity index (χ4n) is 2.11. The van der Waals surface area contributed by atoms with Crippen LogP contribution in [0.1, 0.15) is 20.8 Å². The molecule has 0 aliphatic rings. The third-order valence-electron chi connectivity index (χ3n) is 2.79. The number of rotatable bonds is 3. The van der Waals surface area contributed by atoms with Crippen molar-refractivity contribution in [2.75, 3.05) is 7.11 Å². The van der Waals surface area contributed by atoms with Crippen molar-refractivity contribution in [2.45, 2.75) is 31.2 Å². The summed E-state index contributed by atoms with van der Waals surface area (Å²) in [5.41, 5.74) is -0.528. The summed E-state index contributed by atoms with van der Waals surface area (Å²) in [6.45, 7) is 5.45. The highest BCUT2D eigenvalue weighted by Gasteiger charge is 2.24. The van der Waals surface area contributed by atoms with Crippen molar-refractivity contribution >= 4 is 20.8 Å². The van der Waals surface area contributed by atoms with Gasteiger partial charge in [0.2, 0.25) is 10.0 Å². The first-order valence-corrected chi connectivity index (χ1v) is 7.83. The van der Waals surface area contributed by atoms with Crippen LogP contribution in [0.5, 0.6) is 5.75 Å². The lowest BCUT2D eigenvalue weighted by Gasteiger charge is -2.21. The van der Waals surface area contributed by atoms with Gasteiger partial charge in [0.1, 0.15) is 5.75 Å². The fraction of sp³-hybridized carbons (Fsp3) is 0.333. The van der Waals surface area contributed by atoms with Gasteiger partial charge in [0, 0.05) is 16.3 Å².